The van der Waals surface area contributed by atoms with Gasteiger partial charge in [0.25, 0.3) is 0 Å². The molecule has 27 heavy (non-hydrogen) atoms. The number of nitrogens with zero attached hydrogens (tertiary/aromatic N) is 5. The number of aromatic nitrogens is 2. The first kappa shape index (κ1) is 18.9. The maximum atomic E-state index is 12.8. The zero-order valence-corrected chi connectivity index (χ0v) is 17.1. The van der Waals surface area contributed by atoms with Gasteiger partial charge in [0.05, 0.1) is 12.1 Å². The summed E-state index contributed by atoms with van der Waals surface area (Å²) in [5.74, 6) is 0.676. The average Bonchev–Trinajstić information content (AvgIpc) is 3.34. The maximum absolute atomic E-state index is 12.8. The molecule has 0 aliphatic carbocycles. The Morgan fingerprint density at radius 2 is 1.81 bits per heavy atom. The van der Waals surface area contributed by atoms with Gasteiger partial charge in [-0.3, -0.25) is 19.3 Å². The van der Waals surface area contributed by atoms with Gasteiger partial charge in [0, 0.05) is 50.5 Å². The highest BCUT2D eigenvalue weighted by molar-refractivity contribution is 5.79. The molecule has 1 aromatic heterocycles. The lowest BCUT2D eigenvalue weighted by molar-refractivity contribution is -0.136. The number of likely N-dealkylation sites (tertiary alicyclic amines) is 3. The quantitative estimate of drug-likeness (QED) is 0.810. The van der Waals surface area contributed by atoms with Crippen LogP contribution >= 0.6 is 0 Å². The summed E-state index contributed by atoms with van der Waals surface area (Å²) in [4.78, 5) is 20.1. The van der Waals surface area contributed by atoms with E-state index in [1.54, 1.807) is 0 Å². The van der Waals surface area contributed by atoms with Crippen LogP contribution < -0.4 is 0 Å². The normalized spacial score (nSPS) is 26.0. The third-order valence-corrected chi connectivity index (χ3v) is 7.02. The Labute approximate surface area is 163 Å². The van der Waals surface area contributed by atoms with Crippen molar-refractivity contribution >= 4 is 5.91 Å². The van der Waals surface area contributed by atoms with Gasteiger partial charge in [0.2, 0.25) is 5.91 Å². The van der Waals surface area contributed by atoms with Crippen LogP contribution in [0.4, 0.5) is 0 Å². The van der Waals surface area contributed by atoms with E-state index in [4.69, 9.17) is 0 Å². The van der Waals surface area contributed by atoms with Gasteiger partial charge in [-0.15, -0.1) is 0 Å². The van der Waals surface area contributed by atoms with Gasteiger partial charge >= 0.3 is 0 Å². The molecule has 4 rings (SSSR count). The van der Waals surface area contributed by atoms with Crippen molar-refractivity contribution in [3.05, 3.63) is 17.5 Å². The van der Waals surface area contributed by atoms with Gasteiger partial charge in [-0.1, -0.05) is 0 Å². The Morgan fingerprint density at radius 3 is 2.48 bits per heavy atom. The van der Waals surface area contributed by atoms with Crippen molar-refractivity contribution in [2.24, 2.45) is 13.0 Å². The van der Waals surface area contributed by atoms with E-state index in [9.17, 15) is 4.79 Å². The molecule has 1 atom stereocenters. The minimum absolute atomic E-state index is 0.243. The van der Waals surface area contributed by atoms with Crippen LogP contribution in [-0.2, 0) is 18.4 Å². The molecule has 3 fully saturated rings. The van der Waals surface area contributed by atoms with Crippen LogP contribution in [0.15, 0.2) is 6.20 Å². The summed E-state index contributed by atoms with van der Waals surface area (Å²) in [7, 11) is 2.02. The van der Waals surface area contributed by atoms with Crippen LogP contribution in [0.5, 0.6) is 0 Å². The van der Waals surface area contributed by atoms with Crippen molar-refractivity contribution in [1.29, 1.82) is 0 Å². The summed E-state index contributed by atoms with van der Waals surface area (Å²) in [5.41, 5.74) is 2.63. The fourth-order valence-corrected chi connectivity index (χ4v) is 5.12. The lowest BCUT2D eigenvalue weighted by atomic mass is 9.93. The number of carbonyl (C=O) groups is 1. The molecule has 0 aromatic carbocycles. The number of carbonyl (C=O) groups excluding carboxylic acids is 1. The second kappa shape index (κ2) is 8.31. The summed E-state index contributed by atoms with van der Waals surface area (Å²) in [6.07, 6.45) is 9.12. The molecule has 0 N–H and O–H groups in total. The number of hydrogen-bond acceptors (Lipinski definition) is 4. The molecule has 6 nitrogen and oxygen atoms in total. The van der Waals surface area contributed by atoms with Crippen molar-refractivity contribution in [2.75, 3.05) is 39.3 Å². The van der Waals surface area contributed by atoms with Crippen molar-refractivity contribution < 1.29 is 4.79 Å². The lowest BCUT2D eigenvalue weighted by Crippen LogP contribution is -2.51. The van der Waals surface area contributed by atoms with E-state index in [1.165, 1.54) is 49.9 Å². The molecular formula is C21H35N5O. The molecule has 0 saturated carbocycles. The van der Waals surface area contributed by atoms with E-state index in [2.05, 4.69) is 26.7 Å². The topological polar surface area (TPSA) is 44.6 Å². The highest BCUT2D eigenvalue weighted by atomic mass is 16.2. The molecule has 1 amide bonds. The second-order valence-corrected chi connectivity index (χ2v) is 8.75. The molecule has 3 aliphatic rings. The molecule has 0 spiro atoms. The molecule has 0 unspecified atom stereocenters. The largest absolute Gasteiger partial charge is 0.342 e. The molecule has 0 radical (unpaired) electrons. The number of rotatable bonds is 4. The van der Waals surface area contributed by atoms with Crippen LogP contribution in [0.25, 0.3) is 0 Å². The van der Waals surface area contributed by atoms with E-state index >= 15 is 0 Å². The summed E-state index contributed by atoms with van der Waals surface area (Å²) < 4.78 is 1.97. The molecular weight excluding hydrogens is 338 g/mol. The Bertz CT molecular complexity index is 643. The van der Waals surface area contributed by atoms with Gasteiger partial charge in [-0.25, -0.2) is 0 Å². The predicted molar refractivity (Wildman–Crippen MR) is 106 cm³/mol. The maximum Gasteiger partial charge on any atom is 0.226 e. The van der Waals surface area contributed by atoms with E-state index in [0.29, 0.717) is 11.9 Å². The fourth-order valence-electron chi connectivity index (χ4n) is 5.12. The summed E-state index contributed by atoms with van der Waals surface area (Å²) in [6, 6.07) is 0.658. The molecule has 4 heterocycles. The van der Waals surface area contributed by atoms with Crippen molar-refractivity contribution in [3.63, 3.8) is 0 Å². The van der Waals surface area contributed by atoms with Gasteiger partial charge < -0.3 is 4.90 Å². The van der Waals surface area contributed by atoms with Gasteiger partial charge in [-0.05, 0) is 65.1 Å². The first-order chi connectivity index (χ1) is 13.1. The van der Waals surface area contributed by atoms with Crippen LogP contribution in [0, 0.1) is 12.8 Å². The smallest absolute Gasteiger partial charge is 0.226 e. The number of hydrogen-bond donors (Lipinski definition) is 0. The minimum Gasteiger partial charge on any atom is -0.342 e. The lowest BCUT2D eigenvalue weighted by Gasteiger charge is -2.42. The molecule has 3 aliphatic heterocycles. The Morgan fingerprint density at radius 1 is 1.07 bits per heavy atom. The van der Waals surface area contributed by atoms with E-state index < -0.39 is 0 Å². The molecule has 1 aromatic rings. The average molecular weight is 374 g/mol. The third-order valence-electron chi connectivity index (χ3n) is 7.02. The molecule has 6 heteroatoms. The van der Waals surface area contributed by atoms with Crippen molar-refractivity contribution in [1.82, 2.24) is 24.5 Å². The number of aryl methyl sites for hydroxylation is 1. The zero-order valence-electron chi connectivity index (χ0n) is 17.1. The Kier molecular flexibility index (Phi) is 5.83. The highest BCUT2D eigenvalue weighted by Gasteiger charge is 2.34. The second-order valence-electron chi connectivity index (χ2n) is 8.75. The molecule has 0 bridgehead atoms. The Balaban J connectivity index is 1.27. The monoisotopic (exact) mass is 373 g/mol. The van der Waals surface area contributed by atoms with Crippen LogP contribution in [0.3, 0.4) is 0 Å². The van der Waals surface area contributed by atoms with Crippen LogP contribution in [0.1, 0.15) is 49.8 Å². The summed E-state index contributed by atoms with van der Waals surface area (Å²) in [5, 5.41) is 4.37. The van der Waals surface area contributed by atoms with Crippen molar-refractivity contribution in [2.45, 2.75) is 58.0 Å². The van der Waals surface area contributed by atoms with Crippen LogP contribution in [-0.4, -0.2) is 75.7 Å². The third kappa shape index (κ3) is 4.21. The zero-order chi connectivity index (χ0) is 18.8. The fraction of sp³-hybridized carbons (Fsp3) is 0.810. The molecule has 3 saturated heterocycles. The first-order valence-corrected chi connectivity index (χ1v) is 10.8. The summed E-state index contributed by atoms with van der Waals surface area (Å²) >= 11 is 0. The van der Waals surface area contributed by atoms with Gasteiger partial charge in [0.15, 0.2) is 0 Å². The molecule has 150 valence electrons. The predicted octanol–water partition coefficient (Wildman–Crippen LogP) is 2.03. The standard InChI is InChI=1S/C21H35N5O/c1-17-19(14-22-23(17)2)15-24-12-7-20(8-13-24)26-11-5-6-18(16-26)21(27)25-9-3-4-10-25/h14,18,20H,3-13,15-16H2,1-2H3/t18-/m1/s1. The number of amides is 1. The van der Waals surface area contributed by atoms with E-state index in [-0.39, 0.29) is 5.92 Å². The SMILES string of the molecule is Cc1c(CN2CCC(N3CCC[C@@H](C(=O)N4CCCC4)C3)CC2)cnn1C. The van der Waals surface area contributed by atoms with Gasteiger partial charge in [0.1, 0.15) is 0 Å². The number of piperidine rings is 2. The first-order valence-electron chi connectivity index (χ1n) is 10.8. The van der Waals surface area contributed by atoms with E-state index in [1.807, 2.05) is 17.9 Å². The highest BCUT2D eigenvalue weighted by Crippen LogP contribution is 2.26. The van der Waals surface area contributed by atoms with E-state index in [0.717, 1.165) is 45.7 Å². The van der Waals surface area contributed by atoms with Crippen molar-refractivity contribution in [3.8, 4) is 0 Å². The summed E-state index contributed by atoms with van der Waals surface area (Å²) in [6.45, 7) is 9.62. The minimum atomic E-state index is 0.243. The Hall–Kier alpha value is -1.40. The van der Waals surface area contributed by atoms with Crippen LogP contribution in [0.2, 0.25) is 0 Å². The van der Waals surface area contributed by atoms with Gasteiger partial charge in [-0.2, -0.15) is 5.10 Å².